The Labute approximate surface area is 156 Å². The Hall–Kier alpha value is -2.21. The number of Topliss-reactive ketones (excluding diaryl/α,β-unsaturated/α-hetero) is 1. The Morgan fingerprint density at radius 2 is 1.52 bits per heavy atom. The predicted molar refractivity (Wildman–Crippen MR) is 96.7 cm³/mol. The van der Waals surface area contributed by atoms with Crippen LogP contribution in [0.25, 0.3) is 0 Å². The third-order valence-corrected chi connectivity index (χ3v) is 4.81. The molecule has 0 fully saturated rings. The van der Waals surface area contributed by atoms with E-state index in [9.17, 15) is 22.4 Å². The first kappa shape index (κ1) is 21.1. The number of aryl methyl sites for hydroxylation is 1. The van der Waals surface area contributed by atoms with E-state index in [0.29, 0.717) is 5.56 Å². The molecule has 0 saturated heterocycles. The molecule has 0 amide bonds. The van der Waals surface area contributed by atoms with E-state index in [1.54, 1.807) is 50.2 Å². The third-order valence-electron chi connectivity index (χ3n) is 4.81. The lowest BCUT2D eigenvalue weighted by atomic mass is 9.67. The number of ketones is 1. The van der Waals surface area contributed by atoms with Crippen molar-refractivity contribution in [3.8, 4) is 0 Å². The Bertz CT molecular complexity index is 807. The first-order valence-corrected chi connectivity index (χ1v) is 8.73. The summed E-state index contributed by atoms with van der Waals surface area (Å²) in [4.78, 5) is 14.8. The highest BCUT2D eigenvalue weighted by Gasteiger charge is 2.46. The van der Waals surface area contributed by atoms with Crippen molar-refractivity contribution >= 4 is 5.78 Å². The lowest BCUT2D eigenvalue weighted by Crippen LogP contribution is -2.41. The molecule has 146 valence electrons. The highest BCUT2D eigenvalue weighted by Crippen LogP contribution is 2.42. The lowest BCUT2D eigenvalue weighted by molar-refractivity contribution is -0.123. The zero-order valence-corrected chi connectivity index (χ0v) is 15.9. The van der Waals surface area contributed by atoms with Crippen molar-refractivity contribution in [2.24, 2.45) is 0 Å². The summed E-state index contributed by atoms with van der Waals surface area (Å²) in [5, 5.41) is 0. The van der Waals surface area contributed by atoms with Crippen LogP contribution in [0.2, 0.25) is 0 Å². The molecule has 2 rings (SSSR count). The van der Waals surface area contributed by atoms with E-state index >= 15 is 0 Å². The predicted octanol–water partition coefficient (Wildman–Crippen LogP) is 4.77. The molecule has 0 heterocycles. The second-order valence-corrected chi connectivity index (χ2v) is 6.94. The second kappa shape index (κ2) is 8.21. The average molecular weight is 381 g/mol. The Morgan fingerprint density at radius 1 is 1.00 bits per heavy atom. The molecule has 0 aromatic heterocycles. The van der Waals surface area contributed by atoms with Gasteiger partial charge in [-0.3, -0.25) is 4.79 Å². The zero-order chi connectivity index (χ0) is 20.4. The zero-order valence-electron chi connectivity index (χ0n) is 15.9. The highest BCUT2D eigenvalue weighted by atomic mass is 19.2. The van der Waals surface area contributed by atoms with Crippen LogP contribution in [0.5, 0.6) is 0 Å². The number of carbonyl (C=O) groups excluding carboxylic acids is 1. The number of rotatable bonds is 7. The number of halogens is 4. The summed E-state index contributed by atoms with van der Waals surface area (Å²) in [6, 6.07) is 6.74. The van der Waals surface area contributed by atoms with Crippen molar-refractivity contribution in [2.75, 3.05) is 20.6 Å². The number of nitrogens with zero attached hydrogens (tertiary/aromatic N) is 1. The van der Waals surface area contributed by atoms with Crippen molar-refractivity contribution in [1.29, 1.82) is 0 Å². The van der Waals surface area contributed by atoms with E-state index < -0.39 is 40.0 Å². The molecule has 0 aliphatic carbocycles. The van der Waals surface area contributed by atoms with Gasteiger partial charge in [0.1, 0.15) is 5.78 Å². The van der Waals surface area contributed by atoms with Crippen molar-refractivity contribution in [3.05, 3.63) is 70.3 Å². The monoisotopic (exact) mass is 381 g/mol. The summed E-state index contributed by atoms with van der Waals surface area (Å²) in [6.07, 6.45) is -0.0647. The molecule has 27 heavy (non-hydrogen) atoms. The second-order valence-electron chi connectivity index (χ2n) is 6.94. The van der Waals surface area contributed by atoms with Gasteiger partial charge in [0.05, 0.1) is 5.41 Å². The van der Waals surface area contributed by atoms with Crippen LogP contribution in [0.4, 0.5) is 17.6 Å². The summed E-state index contributed by atoms with van der Waals surface area (Å²) >= 11 is 0. The minimum atomic E-state index is -1.83. The summed E-state index contributed by atoms with van der Waals surface area (Å²) in [7, 11) is 3.49. The summed E-state index contributed by atoms with van der Waals surface area (Å²) in [6.45, 7) is 3.68. The Balaban J connectivity index is 2.91. The van der Waals surface area contributed by atoms with Crippen LogP contribution in [0.1, 0.15) is 36.5 Å². The molecule has 2 aromatic carbocycles. The molecule has 0 aliphatic heterocycles. The van der Waals surface area contributed by atoms with E-state index in [0.717, 1.165) is 5.56 Å². The van der Waals surface area contributed by atoms with Gasteiger partial charge in [-0.1, -0.05) is 36.8 Å². The van der Waals surface area contributed by atoms with Crippen LogP contribution in [0.3, 0.4) is 0 Å². The maximum atomic E-state index is 14.8. The van der Waals surface area contributed by atoms with Gasteiger partial charge < -0.3 is 4.90 Å². The van der Waals surface area contributed by atoms with Crippen molar-refractivity contribution < 1.29 is 22.4 Å². The number of hydrogen-bond acceptors (Lipinski definition) is 2. The first-order valence-electron chi connectivity index (χ1n) is 8.73. The maximum Gasteiger partial charge on any atom is 0.166 e. The van der Waals surface area contributed by atoms with Gasteiger partial charge >= 0.3 is 0 Å². The van der Waals surface area contributed by atoms with Gasteiger partial charge in [0.25, 0.3) is 0 Å². The number of benzene rings is 2. The van der Waals surface area contributed by atoms with Crippen LogP contribution in [-0.2, 0) is 10.2 Å². The highest BCUT2D eigenvalue weighted by molar-refractivity contribution is 5.94. The van der Waals surface area contributed by atoms with Crippen molar-refractivity contribution in [3.63, 3.8) is 0 Å². The van der Waals surface area contributed by atoms with Crippen LogP contribution >= 0.6 is 0 Å². The van der Waals surface area contributed by atoms with Gasteiger partial charge in [-0.2, -0.15) is 0 Å². The minimum Gasteiger partial charge on any atom is -0.309 e. The van der Waals surface area contributed by atoms with Crippen molar-refractivity contribution in [2.45, 2.75) is 32.1 Å². The molecule has 0 spiro atoms. The fraction of sp³-hybridized carbons (Fsp3) is 0.381. The maximum absolute atomic E-state index is 14.8. The number of hydrogen-bond donors (Lipinski definition) is 0. The van der Waals surface area contributed by atoms with Crippen LogP contribution < -0.4 is 0 Å². The van der Waals surface area contributed by atoms with E-state index in [4.69, 9.17) is 0 Å². The van der Waals surface area contributed by atoms with Crippen molar-refractivity contribution in [1.82, 2.24) is 4.90 Å². The van der Waals surface area contributed by atoms with Gasteiger partial charge in [0.15, 0.2) is 23.3 Å². The molecule has 0 bridgehead atoms. The van der Waals surface area contributed by atoms with Crippen LogP contribution in [0, 0.1) is 30.2 Å². The van der Waals surface area contributed by atoms with Gasteiger partial charge in [0.2, 0.25) is 0 Å². The van der Waals surface area contributed by atoms with Gasteiger partial charge in [0, 0.05) is 18.1 Å². The molecule has 0 radical (unpaired) electrons. The minimum absolute atomic E-state index is 0.0214. The summed E-state index contributed by atoms with van der Waals surface area (Å²) in [5.41, 5.74) is -1.50. The molecule has 0 N–H and O–H groups in total. The smallest absolute Gasteiger partial charge is 0.166 e. The molecule has 2 aromatic rings. The van der Waals surface area contributed by atoms with Gasteiger partial charge in [-0.15, -0.1) is 0 Å². The van der Waals surface area contributed by atoms with Crippen LogP contribution in [-0.4, -0.2) is 31.3 Å². The quantitative estimate of drug-likeness (QED) is 0.509. The van der Waals surface area contributed by atoms with E-state index in [1.165, 1.54) is 0 Å². The summed E-state index contributed by atoms with van der Waals surface area (Å²) in [5.74, 6) is -6.61. The van der Waals surface area contributed by atoms with E-state index in [2.05, 4.69) is 0 Å². The number of carbonyl (C=O) groups is 1. The third kappa shape index (κ3) is 3.90. The van der Waals surface area contributed by atoms with E-state index in [1.807, 2.05) is 6.92 Å². The molecule has 1 unspecified atom stereocenters. The van der Waals surface area contributed by atoms with E-state index in [-0.39, 0.29) is 25.5 Å². The molecule has 1 atom stereocenters. The van der Waals surface area contributed by atoms with Gasteiger partial charge in [-0.05, 0) is 39.5 Å². The average Bonchev–Trinajstić information content (AvgIpc) is 2.63. The SMILES string of the molecule is CCC(=O)C(CCN(C)C)(c1ccc(C)cc1)c1c(F)c(F)cc(F)c1F. The lowest BCUT2D eigenvalue weighted by Gasteiger charge is -2.35. The topological polar surface area (TPSA) is 20.3 Å². The Kier molecular flexibility index (Phi) is 6.42. The molecule has 0 aliphatic rings. The summed E-state index contributed by atoms with van der Waals surface area (Å²) < 4.78 is 57.5. The fourth-order valence-corrected chi connectivity index (χ4v) is 3.33. The first-order chi connectivity index (χ1) is 12.6. The molecule has 6 heteroatoms. The largest absolute Gasteiger partial charge is 0.309 e. The molecule has 0 saturated carbocycles. The van der Waals surface area contributed by atoms with Crippen LogP contribution in [0.15, 0.2) is 30.3 Å². The molecular formula is C21H23F4NO. The Morgan fingerprint density at radius 3 is 1.96 bits per heavy atom. The normalized spacial score (nSPS) is 13.7. The molecule has 2 nitrogen and oxygen atoms in total. The molecular weight excluding hydrogens is 358 g/mol. The van der Waals surface area contributed by atoms with Gasteiger partial charge in [-0.25, -0.2) is 17.6 Å². The fourth-order valence-electron chi connectivity index (χ4n) is 3.33. The standard InChI is InChI=1S/C21H23F4NO/c1-5-17(27)21(10-11-26(3)4,14-8-6-13(2)7-9-14)18-19(24)15(22)12-16(23)20(18)25/h6-9,12H,5,10-11H2,1-4H3.